The van der Waals surface area contributed by atoms with Crippen LogP contribution in [0.2, 0.25) is 0 Å². The highest BCUT2D eigenvalue weighted by atomic mass is 79.9. The highest BCUT2D eigenvalue weighted by Gasteiger charge is 2.25. The number of benzene rings is 4. The van der Waals surface area contributed by atoms with E-state index in [-0.39, 0.29) is 12.5 Å². The van der Waals surface area contributed by atoms with E-state index in [9.17, 15) is 14.7 Å². The molecule has 2 N–H and O–H groups in total. The fourth-order valence-corrected chi connectivity index (χ4v) is 5.41. The smallest absolute Gasteiger partial charge is 0.326 e. The second-order valence-electron chi connectivity index (χ2n) is 10.2. The van der Waals surface area contributed by atoms with Gasteiger partial charge in [0.2, 0.25) is 0 Å². The Hall–Kier alpha value is -4.10. The number of nitrogens with one attached hydrogen (secondary N) is 1. The number of ether oxygens (including phenoxy) is 2. The average molecular weight is 615 g/mol. The number of halogens is 1. The van der Waals surface area contributed by atoms with E-state index in [1.54, 1.807) is 12.1 Å². The lowest BCUT2D eigenvalue weighted by atomic mass is 9.97. The van der Waals surface area contributed by atoms with Crippen molar-refractivity contribution in [1.82, 2.24) is 5.32 Å². The molecule has 1 amide bonds. The Morgan fingerprint density at radius 2 is 1.56 bits per heavy atom. The second kappa shape index (κ2) is 13.5. The third-order valence-corrected chi connectivity index (χ3v) is 7.69. The quantitative estimate of drug-likeness (QED) is 0.189. The summed E-state index contributed by atoms with van der Waals surface area (Å²) in [5.41, 5.74) is 2.97. The number of carbonyl (C=O) groups is 2. The van der Waals surface area contributed by atoms with Crippen molar-refractivity contribution in [2.24, 2.45) is 0 Å². The number of hydrogen-bond donors (Lipinski definition) is 2. The topological polar surface area (TPSA) is 84.9 Å². The third kappa shape index (κ3) is 7.55. The fraction of sp³-hybridized carbons (Fsp3) is 0.235. The predicted octanol–water partition coefficient (Wildman–Crippen LogP) is 8.05. The highest BCUT2D eigenvalue weighted by molar-refractivity contribution is 9.10. The van der Waals surface area contributed by atoms with Crippen LogP contribution in [0.1, 0.15) is 48.0 Å². The molecule has 7 heteroatoms. The van der Waals surface area contributed by atoms with E-state index in [4.69, 9.17) is 9.47 Å². The first-order valence-electron chi connectivity index (χ1n) is 13.9. The molecule has 0 radical (unpaired) electrons. The van der Waals surface area contributed by atoms with Crippen LogP contribution in [0.5, 0.6) is 17.2 Å². The molecule has 0 spiro atoms. The molecule has 4 aromatic rings. The van der Waals surface area contributed by atoms with Crippen molar-refractivity contribution in [3.63, 3.8) is 0 Å². The maximum atomic E-state index is 13.3. The third-order valence-electron chi connectivity index (χ3n) is 7.20. The molecule has 0 heterocycles. The Morgan fingerprint density at radius 1 is 0.854 bits per heavy atom. The van der Waals surface area contributed by atoms with E-state index in [1.165, 1.54) is 6.42 Å². The summed E-state index contributed by atoms with van der Waals surface area (Å²) in [6, 6.07) is 29.2. The first-order valence-corrected chi connectivity index (χ1v) is 14.7. The molecule has 1 unspecified atom stereocenters. The summed E-state index contributed by atoms with van der Waals surface area (Å²) < 4.78 is 13.0. The SMILES string of the molecule is O=C(NC(Cc1ccc(-c2ccccc2Oc2ccccc2)cc1)C(=O)O)c1cc(Br)ccc1OC1CCCCC1. The number of carboxylic acids is 1. The molecule has 41 heavy (non-hydrogen) atoms. The molecule has 4 aromatic carbocycles. The van der Waals surface area contributed by atoms with Crippen LogP contribution >= 0.6 is 15.9 Å². The van der Waals surface area contributed by atoms with Gasteiger partial charge in [-0.3, -0.25) is 4.79 Å². The zero-order valence-corrected chi connectivity index (χ0v) is 24.2. The van der Waals surface area contributed by atoms with Crippen LogP contribution in [0, 0.1) is 0 Å². The van der Waals surface area contributed by atoms with E-state index in [0.29, 0.717) is 11.3 Å². The molecule has 1 atom stereocenters. The highest BCUT2D eigenvalue weighted by Crippen LogP contribution is 2.33. The maximum Gasteiger partial charge on any atom is 0.326 e. The normalized spacial score (nSPS) is 14.2. The minimum Gasteiger partial charge on any atom is -0.490 e. The summed E-state index contributed by atoms with van der Waals surface area (Å²) in [6.45, 7) is 0. The number of carbonyl (C=O) groups excluding carboxylic acids is 1. The van der Waals surface area contributed by atoms with Gasteiger partial charge in [0.25, 0.3) is 5.91 Å². The lowest BCUT2D eigenvalue weighted by Crippen LogP contribution is -2.42. The number of para-hydroxylation sites is 2. The van der Waals surface area contributed by atoms with Crippen molar-refractivity contribution < 1.29 is 24.2 Å². The standard InChI is InChI=1S/C34H32BrNO5/c35-25-19-20-32(41-27-11-5-2-6-12-27)29(22-25)33(37)36-30(34(38)39)21-23-15-17-24(18-16-23)28-13-7-8-14-31(28)40-26-9-3-1-4-10-26/h1,3-4,7-10,13-20,22,27,30H,2,5-6,11-12,21H2,(H,36,37)(H,38,39). The maximum absolute atomic E-state index is 13.3. The van der Waals surface area contributed by atoms with Crippen LogP contribution in [0.25, 0.3) is 11.1 Å². The first kappa shape index (κ1) is 28.4. The van der Waals surface area contributed by atoms with Crippen molar-refractivity contribution in [2.45, 2.75) is 50.7 Å². The Morgan fingerprint density at radius 3 is 2.29 bits per heavy atom. The van der Waals surface area contributed by atoms with Crippen molar-refractivity contribution in [3.05, 3.63) is 113 Å². The molecule has 1 aliphatic rings. The van der Waals surface area contributed by atoms with Crippen LogP contribution in [0.3, 0.4) is 0 Å². The molecule has 1 fully saturated rings. The molecule has 0 saturated heterocycles. The first-order chi connectivity index (χ1) is 20.0. The van der Waals surface area contributed by atoms with Gasteiger partial charge in [0.1, 0.15) is 23.3 Å². The van der Waals surface area contributed by atoms with E-state index < -0.39 is 17.9 Å². The van der Waals surface area contributed by atoms with Gasteiger partial charge >= 0.3 is 5.97 Å². The molecule has 6 nitrogen and oxygen atoms in total. The number of rotatable bonds is 10. The van der Waals surface area contributed by atoms with Crippen molar-refractivity contribution in [3.8, 4) is 28.4 Å². The number of carboxylic acid groups (broad SMARTS) is 1. The summed E-state index contributed by atoms with van der Waals surface area (Å²) in [5.74, 6) is 0.362. The Labute approximate surface area is 248 Å². The largest absolute Gasteiger partial charge is 0.490 e. The lowest BCUT2D eigenvalue weighted by Gasteiger charge is -2.24. The van der Waals surface area contributed by atoms with Gasteiger partial charge in [0.15, 0.2) is 0 Å². The van der Waals surface area contributed by atoms with Crippen molar-refractivity contribution in [2.75, 3.05) is 0 Å². The van der Waals surface area contributed by atoms with Gasteiger partial charge in [-0.1, -0.05) is 83.0 Å². The predicted molar refractivity (Wildman–Crippen MR) is 163 cm³/mol. The average Bonchev–Trinajstić information content (AvgIpc) is 2.99. The van der Waals surface area contributed by atoms with Crippen LogP contribution in [0.15, 0.2) is 102 Å². The van der Waals surface area contributed by atoms with E-state index in [1.807, 2.05) is 84.9 Å². The van der Waals surface area contributed by atoms with Gasteiger partial charge < -0.3 is 19.9 Å². The summed E-state index contributed by atoms with van der Waals surface area (Å²) in [4.78, 5) is 25.5. The van der Waals surface area contributed by atoms with Gasteiger partial charge in [0.05, 0.1) is 11.7 Å². The molecule has 0 aromatic heterocycles. The van der Waals surface area contributed by atoms with Gasteiger partial charge in [-0.25, -0.2) is 4.79 Å². The van der Waals surface area contributed by atoms with Crippen molar-refractivity contribution in [1.29, 1.82) is 0 Å². The number of amides is 1. The monoisotopic (exact) mass is 613 g/mol. The van der Waals surface area contributed by atoms with E-state index in [2.05, 4.69) is 21.2 Å². The second-order valence-corrected chi connectivity index (χ2v) is 11.1. The molecule has 5 rings (SSSR count). The fourth-order valence-electron chi connectivity index (χ4n) is 5.05. The Kier molecular flexibility index (Phi) is 9.36. The molecule has 1 aliphatic carbocycles. The summed E-state index contributed by atoms with van der Waals surface area (Å²) in [6.07, 6.45) is 5.51. The minimum atomic E-state index is -1.11. The molecule has 0 bridgehead atoms. The number of aliphatic carboxylic acids is 1. The minimum absolute atomic E-state index is 0.0634. The van der Waals surface area contributed by atoms with Crippen LogP contribution in [0.4, 0.5) is 0 Å². The van der Waals surface area contributed by atoms with Crippen LogP contribution in [-0.2, 0) is 11.2 Å². The van der Waals surface area contributed by atoms with Crippen LogP contribution < -0.4 is 14.8 Å². The van der Waals surface area contributed by atoms with Gasteiger partial charge in [-0.15, -0.1) is 0 Å². The van der Waals surface area contributed by atoms with E-state index in [0.717, 1.165) is 58.3 Å². The Balaban J connectivity index is 1.29. The Bertz CT molecular complexity index is 1480. The summed E-state index contributed by atoms with van der Waals surface area (Å²) in [5, 5.41) is 12.7. The van der Waals surface area contributed by atoms with Crippen LogP contribution in [-0.4, -0.2) is 29.1 Å². The zero-order valence-electron chi connectivity index (χ0n) is 22.6. The summed E-state index contributed by atoms with van der Waals surface area (Å²) >= 11 is 3.43. The number of hydrogen-bond acceptors (Lipinski definition) is 4. The molecule has 1 saturated carbocycles. The molecular weight excluding hydrogens is 582 g/mol. The van der Waals surface area contributed by atoms with E-state index >= 15 is 0 Å². The van der Waals surface area contributed by atoms with Gasteiger partial charge in [0, 0.05) is 16.5 Å². The molecule has 0 aliphatic heterocycles. The summed E-state index contributed by atoms with van der Waals surface area (Å²) in [7, 11) is 0. The lowest BCUT2D eigenvalue weighted by molar-refractivity contribution is -0.139. The van der Waals surface area contributed by atoms with Crippen molar-refractivity contribution >= 4 is 27.8 Å². The molecule has 210 valence electrons. The zero-order chi connectivity index (χ0) is 28.6. The van der Waals surface area contributed by atoms with Gasteiger partial charge in [-0.05, 0) is 73.2 Å². The molecular formula is C34H32BrNO5. The van der Waals surface area contributed by atoms with Gasteiger partial charge in [-0.2, -0.15) is 0 Å².